The van der Waals surface area contributed by atoms with Gasteiger partial charge in [-0.05, 0) is 0 Å². The summed E-state index contributed by atoms with van der Waals surface area (Å²) in [5.74, 6) is 0.711. The summed E-state index contributed by atoms with van der Waals surface area (Å²) in [5, 5.41) is 4.12. The normalized spacial score (nSPS) is 11.0. The molecule has 0 spiro atoms. The van der Waals surface area contributed by atoms with E-state index in [1.807, 2.05) is 36.2 Å². The standard InChI is InChI=1S/C10H9N5/c1-14-6-9(5-13-14)8-4-12-10-11-2-3-15(10)7-8/h2-7H,1H3. The van der Waals surface area contributed by atoms with Gasteiger partial charge >= 0.3 is 0 Å². The average molecular weight is 199 g/mol. The van der Waals surface area contributed by atoms with E-state index in [1.54, 1.807) is 17.1 Å². The van der Waals surface area contributed by atoms with Crippen LogP contribution in [0.25, 0.3) is 16.9 Å². The van der Waals surface area contributed by atoms with Gasteiger partial charge in [0.15, 0.2) is 0 Å². The van der Waals surface area contributed by atoms with Gasteiger partial charge in [-0.15, -0.1) is 0 Å². The highest BCUT2D eigenvalue weighted by molar-refractivity contribution is 5.60. The topological polar surface area (TPSA) is 48.0 Å². The van der Waals surface area contributed by atoms with Crippen LogP contribution in [0.3, 0.4) is 0 Å². The molecule has 0 fully saturated rings. The molecule has 0 saturated heterocycles. The summed E-state index contributed by atoms with van der Waals surface area (Å²) < 4.78 is 3.66. The summed E-state index contributed by atoms with van der Waals surface area (Å²) >= 11 is 0. The molecular formula is C10H9N5. The monoisotopic (exact) mass is 199 g/mol. The Labute approximate surface area is 86.0 Å². The number of fused-ring (bicyclic) bond motifs is 1. The van der Waals surface area contributed by atoms with Crippen molar-refractivity contribution in [2.75, 3.05) is 0 Å². The van der Waals surface area contributed by atoms with Gasteiger partial charge in [-0.3, -0.25) is 9.08 Å². The fourth-order valence-corrected chi connectivity index (χ4v) is 1.54. The second-order valence-electron chi connectivity index (χ2n) is 3.38. The zero-order chi connectivity index (χ0) is 10.3. The number of hydrogen-bond acceptors (Lipinski definition) is 3. The molecule has 0 saturated carbocycles. The maximum absolute atomic E-state index is 4.24. The third-order valence-electron chi connectivity index (χ3n) is 2.28. The maximum atomic E-state index is 4.24. The van der Waals surface area contributed by atoms with Crippen LogP contribution in [0.1, 0.15) is 0 Å². The maximum Gasteiger partial charge on any atom is 0.233 e. The lowest BCUT2D eigenvalue weighted by Crippen LogP contribution is -1.88. The molecule has 0 aliphatic rings. The first kappa shape index (κ1) is 8.16. The minimum absolute atomic E-state index is 0.711. The number of nitrogens with zero attached hydrogens (tertiary/aromatic N) is 5. The highest BCUT2D eigenvalue weighted by atomic mass is 15.2. The lowest BCUT2D eigenvalue weighted by atomic mass is 10.2. The largest absolute Gasteiger partial charge is 0.291 e. The second kappa shape index (κ2) is 2.91. The van der Waals surface area contributed by atoms with Gasteiger partial charge < -0.3 is 0 Å². The molecule has 74 valence electrons. The Morgan fingerprint density at radius 2 is 1.93 bits per heavy atom. The summed E-state index contributed by atoms with van der Waals surface area (Å²) in [5.41, 5.74) is 2.09. The van der Waals surface area contributed by atoms with E-state index in [4.69, 9.17) is 0 Å². The molecule has 3 aromatic rings. The first-order valence-electron chi connectivity index (χ1n) is 4.61. The van der Waals surface area contributed by atoms with Gasteiger partial charge in [0.05, 0.1) is 6.20 Å². The van der Waals surface area contributed by atoms with Gasteiger partial charge in [-0.25, -0.2) is 9.97 Å². The lowest BCUT2D eigenvalue weighted by Gasteiger charge is -1.97. The highest BCUT2D eigenvalue weighted by Crippen LogP contribution is 2.16. The van der Waals surface area contributed by atoms with Gasteiger partial charge in [0.1, 0.15) is 0 Å². The molecule has 5 heteroatoms. The minimum Gasteiger partial charge on any atom is -0.291 e. The van der Waals surface area contributed by atoms with E-state index >= 15 is 0 Å². The van der Waals surface area contributed by atoms with Gasteiger partial charge in [0.2, 0.25) is 5.78 Å². The van der Waals surface area contributed by atoms with Crippen molar-refractivity contribution in [1.82, 2.24) is 24.1 Å². The van der Waals surface area contributed by atoms with E-state index in [2.05, 4.69) is 15.1 Å². The zero-order valence-corrected chi connectivity index (χ0v) is 8.20. The molecule has 0 aliphatic carbocycles. The predicted octanol–water partition coefficient (Wildman–Crippen LogP) is 1.13. The van der Waals surface area contributed by atoms with Crippen molar-refractivity contribution < 1.29 is 0 Å². The first-order chi connectivity index (χ1) is 7.33. The summed E-state index contributed by atoms with van der Waals surface area (Å²) in [6, 6.07) is 0. The van der Waals surface area contributed by atoms with Gasteiger partial charge in [-0.1, -0.05) is 0 Å². The van der Waals surface area contributed by atoms with Crippen molar-refractivity contribution in [1.29, 1.82) is 0 Å². The Hall–Kier alpha value is -2.17. The molecule has 0 N–H and O–H groups in total. The van der Waals surface area contributed by atoms with Crippen molar-refractivity contribution in [3.8, 4) is 11.1 Å². The van der Waals surface area contributed by atoms with Crippen LogP contribution in [0.2, 0.25) is 0 Å². The number of aryl methyl sites for hydroxylation is 1. The van der Waals surface area contributed by atoms with E-state index in [-0.39, 0.29) is 0 Å². The number of hydrogen-bond donors (Lipinski definition) is 0. The Kier molecular flexibility index (Phi) is 1.58. The fourth-order valence-electron chi connectivity index (χ4n) is 1.54. The van der Waals surface area contributed by atoms with Crippen LogP contribution < -0.4 is 0 Å². The zero-order valence-electron chi connectivity index (χ0n) is 8.20. The van der Waals surface area contributed by atoms with Gasteiger partial charge in [0.25, 0.3) is 0 Å². The second-order valence-corrected chi connectivity index (χ2v) is 3.38. The average Bonchev–Trinajstić information content (AvgIpc) is 2.84. The van der Waals surface area contributed by atoms with Crippen LogP contribution in [-0.4, -0.2) is 24.1 Å². The smallest absolute Gasteiger partial charge is 0.233 e. The van der Waals surface area contributed by atoms with Crippen LogP contribution in [0.5, 0.6) is 0 Å². The van der Waals surface area contributed by atoms with Crippen LogP contribution in [0, 0.1) is 0 Å². The summed E-state index contributed by atoms with van der Waals surface area (Å²) in [4.78, 5) is 8.33. The molecule has 0 aliphatic heterocycles. The van der Waals surface area contributed by atoms with Crippen molar-refractivity contribution in [2.45, 2.75) is 0 Å². The first-order valence-corrected chi connectivity index (χ1v) is 4.61. The van der Waals surface area contributed by atoms with E-state index in [1.165, 1.54) is 0 Å². The molecule has 0 unspecified atom stereocenters. The number of rotatable bonds is 1. The van der Waals surface area contributed by atoms with Crippen LogP contribution in [0.4, 0.5) is 0 Å². The lowest BCUT2D eigenvalue weighted by molar-refractivity contribution is 0.768. The summed E-state index contributed by atoms with van der Waals surface area (Å²) in [6.07, 6.45) is 11.2. The van der Waals surface area contributed by atoms with E-state index in [0.29, 0.717) is 5.78 Å². The summed E-state index contributed by atoms with van der Waals surface area (Å²) in [7, 11) is 1.90. The molecule has 0 aromatic carbocycles. The molecule has 0 radical (unpaired) electrons. The SMILES string of the molecule is Cn1cc(-c2cnc3nccn3c2)cn1. The minimum atomic E-state index is 0.711. The molecule has 3 aromatic heterocycles. The molecule has 0 atom stereocenters. The molecular weight excluding hydrogens is 190 g/mol. The third kappa shape index (κ3) is 1.28. The van der Waals surface area contributed by atoms with Crippen molar-refractivity contribution in [3.63, 3.8) is 0 Å². The Bertz CT molecular complexity index is 607. The van der Waals surface area contributed by atoms with E-state index in [9.17, 15) is 0 Å². The molecule has 0 bridgehead atoms. The summed E-state index contributed by atoms with van der Waals surface area (Å²) in [6.45, 7) is 0. The third-order valence-corrected chi connectivity index (χ3v) is 2.28. The van der Waals surface area contributed by atoms with Gasteiger partial charge in [-0.2, -0.15) is 5.10 Å². The van der Waals surface area contributed by atoms with Crippen LogP contribution in [0.15, 0.2) is 37.2 Å². The van der Waals surface area contributed by atoms with E-state index in [0.717, 1.165) is 11.1 Å². The van der Waals surface area contributed by atoms with Crippen molar-refractivity contribution in [3.05, 3.63) is 37.2 Å². The predicted molar refractivity (Wildman–Crippen MR) is 55.2 cm³/mol. The van der Waals surface area contributed by atoms with Crippen molar-refractivity contribution >= 4 is 5.78 Å². The Morgan fingerprint density at radius 3 is 2.73 bits per heavy atom. The molecule has 0 amide bonds. The molecule has 5 nitrogen and oxygen atoms in total. The van der Waals surface area contributed by atoms with Crippen LogP contribution >= 0.6 is 0 Å². The number of aromatic nitrogens is 5. The molecule has 15 heavy (non-hydrogen) atoms. The highest BCUT2D eigenvalue weighted by Gasteiger charge is 2.02. The Morgan fingerprint density at radius 1 is 1.07 bits per heavy atom. The van der Waals surface area contributed by atoms with E-state index < -0.39 is 0 Å². The van der Waals surface area contributed by atoms with Gasteiger partial charge in [0, 0.05) is 49.2 Å². The number of imidazole rings is 1. The quantitative estimate of drug-likeness (QED) is 0.590. The molecule has 3 rings (SSSR count). The molecule has 3 heterocycles. The Balaban J connectivity index is 2.18. The van der Waals surface area contributed by atoms with Crippen molar-refractivity contribution in [2.24, 2.45) is 7.05 Å². The van der Waals surface area contributed by atoms with Crippen LogP contribution in [-0.2, 0) is 7.05 Å². The fraction of sp³-hybridized carbons (Fsp3) is 0.100.